The maximum atomic E-state index is 13.2. The number of carbonyl (C=O) groups is 1. The second-order valence-electron chi connectivity index (χ2n) is 8.79. The average molecular weight is 544 g/mol. The summed E-state index contributed by atoms with van der Waals surface area (Å²) in [4.78, 5) is 13.7. The first-order chi connectivity index (χ1) is 16.8. The zero-order valence-electron chi connectivity index (χ0n) is 20.1. The summed E-state index contributed by atoms with van der Waals surface area (Å²) in [5.41, 5.74) is 0.255. The van der Waals surface area contributed by atoms with Crippen molar-refractivity contribution in [3.8, 4) is 11.1 Å². The molecule has 12 heteroatoms. The number of halogens is 3. The molecule has 1 aromatic carbocycles. The van der Waals surface area contributed by atoms with E-state index >= 15 is 0 Å². The molecule has 2 aromatic heterocycles. The topological polar surface area (TPSA) is 104 Å². The van der Waals surface area contributed by atoms with Crippen LogP contribution in [0, 0.1) is 5.92 Å². The van der Waals surface area contributed by atoms with E-state index in [9.17, 15) is 26.4 Å². The highest BCUT2D eigenvalue weighted by molar-refractivity contribution is 7.91. The van der Waals surface area contributed by atoms with Gasteiger partial charge in [0, 0.05) is 16.6 Å². The number of aromatic nitrogens is 2. The molecule has 0 bridgehead atoms. The van der Waals surface area contributed by atoms with E-state index in [2.05, 4.69) is 5.10 Å². The minimum Gasteiger partial charge on any atom is -0.462 e. The van der Waals surface area contributed by atoms with E-state index < -0.39 is 27.9 Å². The highest BCUT2D eigenvalue weighted by Crippen LogP contribution is 2.41. The van der Waals surface area contributed by atoms with Crippen molar-refractivity contribution in [1.29, 1.82) is 0 Å². The number of ether oxygens (including phenoxy) is 1. The van der Waals surface area contributed by atoms with Crippen molar-refractivity contribution in [3.63, 3.8) is 0 Å². The van der Waals surface area contributed by atoms with Crippen LogP contribution >= 0.6 is 11.3 Å². The number of primary sulfonamides is 1. The molecule has 0 unspecified atom stereocenters. The van der Waals surface area contributed by atoms with Crippen molar-refractivity contribution in [1.82, 2.24) is 9.78 Å². The Morgan fingerprint density at radius 1 is 1.25 bits per heavy atom. The normalized spacial score (nSPS) is 12.3. The fraction of sp³-hybridized carbons (Fsp3) is 0.417. The van der Waals surface area contributed by atoms with E-state index in [-0.39, 0.29) is 34.4 Å². The minimum absolute atomic E-state index is 0.00783. The molecule has 0 amide bonds. The smallest absolute Gasteiger partial charge is 0.435 e. The Balaban J connectivity index is 2.11. The Hall–Kier alpha value is -2.70. The van der Waals surface area contributed by atoms with Gasteiger partial charge in [-0.3, -0.25) is 4.68 Å². The van der Waals surface area contributed by atoms with Crippen molar-refractivity contribution >= 4 is 27.3 Å². The first kappa shape index (κ1) is 27.9. The van der Waals surface area contributed by atoms with Gasteiger partial charge in [0.2, 0.25) is 10.0 Å². The summed E-state index contributed by atoms with van der Waals surface area (Å²) in [5, 5.41) is 9.11. The molecule has 2 N–H and O–H groups in total. The number of hydrogen-bond acceptors (Lipinski definition) is 6. The third kappa shape index (κ3) is 6.74. The zero-order chi connectivity index (χ0) is 26.7. The molecule has 36 heavy (non-hydrogen) atoms. The summed E-state index contributed by atoms with van der Waals surface area (Å²) in [6.45, 7) is 6.05. The van der Waals surface area contributed by atoms with Crippen LogP contribution in [0.15, 0.2) is 40.7 Å². The van der Waals surface area contributed by atoms with E-state index in [1.165, 1.54) is 6.20 Å². The Bertz CT molecular complexity index is 1330. The van der Waals surface area contributed by atoms with Gasteiger partial charge < -0.3 is 4.74 Å². The number of nitrogens with zero attached hydrogens (tertiary/aromatic N) is 2. The SMILES string of the molecule is CCCCOC(=O)c1c(CC(C)C)sc(S(N)(=O)=O)c1-c1cccc(Cn2ccc(C(F)(F)F)n2)c1. The molecule has 7 nitrogen and oxygen atoms in total. The summed E-state index contributed by atoms with van der Waals surface area (Å²) in [6, 6.07) is 7.44. The minimum atomic E-state index is -4.56. The molecule has 3 aromatic rings. The zero-order valence-corrected chi connectivity index (χ0v) is 21.8. The first-order valence-electron chi connectivity index (χ1n) is 11.4. The molecule has 0 radical (unpaired) electrons. The van der Waals surface area contributed by atoms with Crippen LogP contribution in [-0.2, 0) is 33.9 Å². The summed E-state index contributed by atoms with van der Waals surface area (Å²) >= 11 is 0.943. The lowest BCUT2D eigenvalue weighted by Gasteiger charge is -2.12. The van der Waals surface area contributed by atoms with Crippen molar-refractivity contribution in [2.75, 3.05) is 6.61 Å². The molecule has 0 aliphatic carbocycles. The highest BCUT2D eigenvalue weighted by Gasteiger charge is 2.34. The number of esters is 1. The van der Waals surface area contributed by atoms with Gasteiger partial charge in [0.25, 0.3) is 0 Å². The number of sulfonamides is 1. The summed E-state index contributed by atoms with van der Waals surface area (Å²) < 4.78 is 70.3. The molecule has 0 atom stereocenters. The van der Waals surface area contributed by atoms with E-state index in [4.69, 9.17) is 9.88 Å². The molecular weight excluding hydrogens is 515 g/mol. The maximum absolute atomic E-state index is 13.2. The van der Waals surface area contributed by atoms with Crippen LogP contribution in [0.1, 0.15) is 60.1 Å². The van der Waals surface area contributed by atoms with Crippen LogP contribution in [0.4, 0.5) is 13.2 Å². The quantitative estimate of drug-likeness (QED) is 0.269. The number of benzene rings is 1. The van der Waals surface area contributed by atoms with E-state index in [1.54, 1.807) is 24.3 Å². The van der Waals surface area contributed by atoms with Crippen LogP contribution in [0.3, 0.4) is 0 Å². The molecule has 0 aliphatic rings. The van der Waals surface area contributed by atoms with Crippen LogP contribution in [0.25, 0.3) is 11.1 Å². The second-order valence-corrected chi connectivity index (χ2v) is 11.7. The van der Waals surface area contributed by atoms with Gasteiger partial charge in [0.15, 0.2) is 5.69 Å². The van der Waals surface area contributed by atoms with E-state index in [1.807, 2.05) is 20.8 Å². The second kappa shape index (κ2) is 11.1. The lowest BCUT2D eigenvalue weighted by molar-refractivity contribution is -0.141. The number of carbonyl (C=O) groups excluding carboxylic acids is 1. The van der Waals surface area contributed by atoms with Crippen LogP contribution < -0.4 is 5.14 Å². The Kier molecular flexibility index (Phi) is 8.63. The largest absolute Gasteiger partial charge is 0.462 e. The molecule has 3 rings (SSSR count). The molecule has 0 saturated heterocycles. The third-order valence-corrected chi connectivity index (χ3v) is 7.90. The van der Waals surface area contributed by atoms with Crippen LogP contribution in [0.5, 0.6) is 0 Å². The number of hydrogen-bond donors (Lipinski definition) is 1. The fourth-order valence-corrected chi connectivity index (χ4v) is 6.16. The van der Waals surface area contributed by atoms with Gasteiger partial charge in [-0.25, -0.2) is 18.4 Å². The summed E-state index contributed by atoms with van der Waals surface area (Å²) in [5.74, 6) is -0.506. The average Bonchev–Trinajstić information content (AvgIpc) is 3.38. The van der Waals surface area contributed by atoms with Gasteiger partial charge in [0.1, 0.15) is 4.21 Å². The predicted octanol–water partition coefficient (Wildman–Crippen LogP) is 5.48. The van der Waals surface area contributed by atoms with Crippen molar-refractivity contribution in [2.45, 2.75) is 57.0 Å². The lowest BCUT2D eigenvalue weighted by atomic mass is 9.98. The number of nitrogens with two attached hydrogens (primary N) is 1. The van der Waals surface area contributed by atoms with Crippen molar-refractivity contribution < 1.29 is 31.1 Å². The van der Waals surface area contributed by atoms with Gasteiger partial charge in [-0.05, 0) is 42.0 Å². The lowest BCUT2D eigenvalue weighted by Crippen LogP contribution is -2.13. The Morgan fingerprint density at radius 2 is 1.97 bits per heavy atom. The highest BCUT2D eigenvalue weighted by atomic mass is 32.2. The standard InChI is InChI=1S/C24H28F3N3O4S2/c1-4-5-11-34-22(31)21-18(12-15(2)3)35-23(36(28,32)33)20(21)17-8-6-7-16(13-17)14-30-10-9-19(29-30)24(25,26)27/h6-10,13,15H,4-5,11-12,14H2,1-3H3,(H2,28,32,33). The predicted molar refractivity (Wildman–Crippen MR) is 131 cm³/mol. The van der Waals surface area contributed by atoms with Gasteiger partial charge in [-0.1, -0.05) is 45.4 Å². The number of thiophene rings is 1. The molecule has 0 spiro atoms. The Morgan fingerprint density at radius 3 is 2.56 bits per heavy atom. The molecule has 0 saturated carbocycles. The molecule has 2 heterocycles. The van der Waals surface area contributed by atoms with Crippen LogP contribution in [0.2, 0.25) is 0 Å². The van der Waals surface area contributed by atoms with Gasteiger partial charge in [-0.15, -0.1) is 11.3 Å². The van der Waals surface area contributed by atoms with Gasteiger partial charge in [0.05, 0.1) is 18.7 Å². The number of rotatable bonds is 10. The van der Waals surface area contributed by atoms with Gasteiger partial charge in [-0.2, -0.15) is 18.3 Å². The number of alkyl halides is 3. The molecule has 0 fully saturated rings. The van der Waals surface area contributed by atoms with E-state index in [0.29, 0.717) is 28.8 Å². The number of unbranched alkanes of at least 4 members (excludes halogenated alkanes) is 1. The van der Waals surface area contributed by atoms with E-state index in [0.717, 1.165) is 28.5 Å². The monoisotopic (exact) mass is 543 g/mol. The van der Waals surface area contributed by atoms with Gasteiger partial charge >= 0.3 is 12.1 Å². The van der Waals surface area contributed by atoms with Crippen molar-refractivity contribution in [2.24, 2.45) is 11.1 Å². The molecule has 196 valence electrons. The maximum Gasteiger partial charge on any atom is 0.435 e. The third-order valence-electron chi connectivity index (χ3n) is 5.23. The first-order valence-corrected chi connectivity index (χ1v) is 13.7. The summed E-state index contributed by atoms with van der Waals surface area (Å²) in [7, 11) is -4.19. The van der Waals surface area contributed by atoms with Crippen LogP contribution in [-0.4, -0.2) is 30.8 Å². The molecule has 0 aliphatic heterocycles. The fourth-order valence-electron chi connectivity index (χ4n) is 3.64. The molecular formula is C24H28F3N3O4S2. The van der Waals surface area contributed by atoms with Crippen molar-refractivity contribution in [3.05, 3.63) is 58.2 Å². The Labute approximate surface area is 212 Å². The summed E-state index contributed by atoms with van der Waals surface area (Å²) in [6.07, 6.45) is -1.43.